The van der Waals surface area contributed by atoms with E-state index in [-0.39, 0.29) is 18.2 Å². The summed E-state index contributed by atoms with van der Waals surface area (Å²) in [5.74, 6) is 0. The van der Waals surface area contributed by atoms with E-state index < -0.39 is 0 Å². The van der Waals surface area contributed by atoms with Crippen LogP contribution >= 0.6 is 0 Å². The second-order valence-electron chi connectivity index (χ2n) is 5.74. The van der Waals surface area contributed by atoms with Gasteiger partial charge in [-0.05, 0) is 32.1 Å². The van der Waals surface area contributed by atoms with Crippen molar-refractivity contribution in [3.63, 3.8) is 0 Å². The van der Waals surface area contributed by atoms with Gasteiger partial charge in [0.25, 0.3) is 0 Å². The highest BCUT2D eigenvalue weighted by Gasteiger charge is 2.41. The molecule has 1 aliphatic heterocycles. The average molecular weight is 257 g/mol. The van der Waals surface area contributed by atoms with Crippen LogP contribution in [0.3, 0.4) is 0 Å². The van der Waals surface area contributed by atoms with E-state index in [2.05, 4.69) is 5.32 Å². The maximum atomic E-state index is 9.00. The van der Waals surface area contributed by atoms with Crippen molar-refractivity contribution in [1.29, 1.82) is 0 Å². The van der Waals surface area contributed by atoms with Gasteiger partial charge in [0.1, 0.15) is 0 Å². The third-order valence-corrected chi connectivity index (χ3v) is 4.33. The monoisotopic (exact) mass is 257 g/mol. The second kappa shape index (κ2) is 6.85. The summed E-state index contributed by atoms with van der Waals surface area (Å²) in [6, 6.07) is 0.240. The summed E-state index contributed by atoms with van der Waals surface area (Å²) in [6.45, 7) is 1.74. The molecule has 106 valence electrons. The highest BCUT2D eigenvalue weighted by atomic mass is 16.5. The van der Waals surface area contributed by atoms with Gasteiger partial charge < -0.3 is 19.9 Å². The van der Waals surface area contributed by atoms with Crippen molar-refractivity contribution in [2.45, 2.75) is 62.7 Å². The van der Waals surface area contributed by atoms with Crippen LogP contribution in [0.1, 0.15) is 44.9 Å². The zero-order chi connectivity index (χ0) is 12.8. The summed E-state index contributed by atoms with van der Waals surface area (Å²) < 4.78 is 11.4. The molecule has 0 bridgehead atoms. The first-order valence-electron chi connectivity index (χ1n) is 7.29. The van der Waals surface area contributed by atoms with Gasteiger partial charge in [-0.1, -0.05) is 12.8 Å². The lowest BCUT2D eigenvalue weighted by molar-refractivity contribution is -0.0368. The van der Waals surface area contributed by atoms with Gasteiger partial charge >= 0.3 is 0 Å². The summed E-state index contributed by atoms with van der Waals surface area (Å²) in [5.41, 5.74) is 0.222. The van der Waals surface area contributed by atoms with Crippen LogP contribution in [0.2, 0.25) is 0 Å². The van der Waals surface area contributed by atoms with Gasteiger partial charge in [0.2, 0.25) is 0 Å². The Kier molecular flexibility index (Phi) is 5.42. The van der Waals surface area contributed by atoms with Crippen LogP contribution in [0.15, 0.2) is 0 Å². The van der Waals surface area contributed by atoms with Crippen LogP contribution in [0.25, 0.3) is 0 Å². The molecule has 2 rings (SSSR count). The lowest BCUT2D eigenvalue weighted by Gasteiger charge is -2.25. The lowest BCUT2D eigenvalue weighted by Crippen LogP contribution is -2.39. The van der Waals surface area contributed by atoms with Crippen molar-refractivity contribution in [3.8, 4) is 0 Å². The molecule has 1 saturated carbocycles. The molecule has 4 nitrogen and oxygen atoms in total. The van der Waals surface area contributed by atoms with Crippen molar-refractivity contribution in [2.24, 2.45) is 0 Å². The number of hydrogen-bond donors (Lipinski definition) is 2. The number of nitrogens with one attached hydrogen (secondary N) is 1. The molecule has 4 heteroatoms. The summed E-state index contributed by atoms with van der Waals surface area (Å²) in [4.78, 5) is 0. The molecular formula is C14H27NO3. The SMILES string of the molecule is COCC(CCO)NCC1CCC2(CCCC2)O1. The van der Waals surface area contributed by atoms with E-state index in [1.165, 1.54) is 38.5 Å². The number of methoxy groups -OCH3 is 1. The second-order valence-corrected chi connectivity index (χ2v) is 5.74. The summed E-state index contributed by atoms with van der Waals surface area (Å²) in [6.07, 6.45) is 8.66. The third-order valence-electron chi connectivity index (χ3n) is 4.33. The highest BCUT2D eigenvalue weighted by molar-refractivity contribution is 4.93. The number of aliphatic hydroxyl groups is 1. The number of hydrogen-bond acceptors (Lipinski definition) is 4. The first-order valence-corrected chi connectivity index (χ1v) is 7.29. The normalized spacial score (nSPS) is 28.0. The van der Waals surface area contributed by atoms with Crippen molar-refractivity contribution in [1.82, 2.24) is 5.32 Å². The van der Waals surface area contributed by atoms with Gasteiger partial charge in [0, 0.05) is 26.3 Å². The summed E-state index contributed by atoms with van der Waals surface area (Å²) >= 11 is 0. The van der Waals surface area contributed by atoms with E-state index in [0.717, 1.165) is 13.0 Å². The van der Waals surface area contributed by atoms with Gasteiger partial charge in [-0.15, -0.1) is 0 Å². The standard InChI is InChI=1S/C14H27NO3/c1-17-11-12(5-9-16)15-10-13-4-8-14(18-13)6-2-3-7-14/h12-13,15-16H,2-11H2,1H3. The molecule has 18 heavy (non-hydrogen) atoms. The van der Waals surface area contributed by atoms with Gasteiger partial charge in [-0.3, -0.25) is 0 Å². The third kappa shape index (κ3) is 3.67. The maximum absolute atomic E-state index is 9.00. The zero-order valence-corrected chi connectivity index (χ0v) is 11.5. The minimum atomic E-state index is 0.205. The molecule has 1 aliphatic carbocycles. The largest absolute Gasteiger partial charge is 0.396 e. The Morgan fingerprint density at radius 2 is 2.17 bits per heavy atom. The summed E-state index contributed by atoms with van der Waals surface area (Å²) in [5, 5.41) is 12.5. The molecule has 1 heterocycles. The van der Waals surface area contributed by atoms with Crippen molar-refractivity contribution < 1.29 is 14.6 Å². The van der Waals surface area contributed by atoms with E-state index in [0.29, 0.717) is 12.7 Å². The molecule has 2 unspecified atom stereocenters. The van der Waals surface area contributed by atoms with Gasteiger partial charge in [0.05, 0.1) is 18.3 Å². The van der Waals surface area contributed by atoms with Crippen LogP contribution in [0.4, 0.5) is 0 Å². The molecular weight excluding hydrogens is 230 g/mol. The Bertz CT molecular complexity index is 235. The van der Waals surface area contributed by atoms with Crippen LogP contribution in [0.5, 0.6) is 0 Å². The first kappa shape index (κ1) is 14.3. The van der Waals surface area contributed by atoms with Gasteiger partial charge in [0.15, 0.2) is 0 Å². The van der Waals surface area contributed by atoms with E-state index in [1.807, 2.05) is 0 Å². The molecule has 2 N–H and O–H groups in total. The maximum Gasteiger partial charge on any atom is 0.0708 e. The average Bonchev–Trinajstić information content (AvgIpc) is 2.98. The zero-order valence-electron chi connectivity index (χ0n) is 11.5. The van der Waals surface area contributed by atoms with Crippen LogP contribution in [-0.2, 0) is 9.47 Å². The molecule has 1 saturated heterocycles. The van der Waals surface area contributed by atoms with Crippen LogP contribution < -0.4 is 5.32 Å². The first-order chi connectivity index (χ1) is 8.78. The Morgan fingerprint density at radius 3 is 2.83 bits per heavy atom. The highest BCUT2D eigenvalue weighted by Crippen LogP contribution is 2.43. The minimum absolute atomic E-state index is 0.205. The fraction of sp³-hybridized carbons (Fsp3) is 1.00. The van der Waals surface area contributed by atoms with Gasteiger partial charge in [-0.2, -0.15) is 0 Å². The smallest absolute Gasteiger partial charge is 0.0708 e. The molecule has 2 aliphatic rings. The number of rotatable bonds is 7. The Labute approximate surface area is 110 Å². The molecule has 0 aromatic heterocycles. The predicted octanol–water partition coefficient (Wildman–Crippen LogP) is 1.47. The quantitative estimate of drug-likeness (QED) is 0.725. The van der Waals surface area contributed by atoms with Crippen LogP contribution in [0, 0.1) is 0 Å². The van der Waals surface area contributed by atoms with Crippen molar-refractivity contribution in [3.05, 3.63) is 0 Å². The molecule has 1 spiro atoms. The summed E-state index contributed by atoms with van der Waals surface area (Å²) in [7, 11) is 1.70. The fourth-order valence-electron chi connectivity index (χ4n) is 3.33. The Balaban J connectivity index is 1.70. The molecule has 0 radical (unpaired) electrons. The number of aliphatic hydroxyl groups excluding tert-OH is 1. The molecule has 0 aromatic carbocycles. The fourth-order valence-corrected chi connectivity index (χ4v) is 3.33. The van der Waals surface area contributed by atoms with Crippen LogP contribution in [-0.4, -0.2) is 49.7 Å². The Hall–Kier alpha value is -0.160. The molecule has 0 aromatic rings. The molecule has 0 amide bonds. The van der Waals surface area contributed by atoms with E-state index >= 15 is 0 Å². The van der Waals surface area contributed by atoms with E-state index in [1.54, 1.807) is 7.11 Å². The minimum Gasteiger partial charge on any atom is -0.396 e. The topological polar surface area (TPSA) is 50.7 Å². The predicted molar refractivity (Wildman–Crippen MR) is 70.7 cm³/mol. The molecule has 2 atom stereocenters. The van der Waals surface area contributed by atoms with Crippen molar-refractivity contribution >= 4 is 0 Å². The van der Waals surface area contributed by atoms with E-state index in [4.69, 9.17) is 14.6 Å². The number of ether oxygens (including phenoxy) is 2. The lowest BCUT2D eigenvalue weighted by atomic mass is 9.98. The van der Waals surface area contributed by atoms with E-state index in [9.17, 15) is 0 Å². The Morgan fingerprint density at radius 1 is 1.39 bits per heavy atom. The van der Waals surface area contributed by atoms with Crippen molar-refractivity contribution in [2.75, 3.05) is 26.9 Å². The molecule has 2 fully saturated rings. The van der Waals surface area contributed by atoms with Gasteiger partial charge in [-0.25, -0.2) is 0 Å².